The number of nitrogens with zero attached hydrogens (tertiary/aromatic N) is 3. The van der Waals surface area contributed by atoms with Gasteiger partial charge in [-0.05, 0) is 67.0 Å². The van der Waals surface area contributed by atoms with Gasteiger partial charge in [-0.2, -0.15) is 4.37 Å². The number of ether oxygens (including phenoxy) is 1. The van der Waals surface area contributed by atoms with Crippen LogP contribution in [0.4, 0.5) is 10.1 Å². The first-order chi connectivity index (χ1) is 15.5. The Morgan fingerprint density at radius 2 is 1.84 bits per heavy atom. The number of hydrogen-bond donors (Lipinski definition) is 1. The fourth-order valence-electron chi connectivity index (χ4n) is 2.88. The number of amides is 1. The zero-order chi connectivity index (χ0) is 22.5. The van der Waals surface area contributed by atoms with Gasteiger partial charge in [-0.1, -0.05) is 11.8 Å². The lowest BCUT2D eigenvalue weighted by atomic mass is 10.1. The molecule has 0 saturated carbocycles. The number of fused-ring (bicyclic) bond motifs is 1. The summed E-state index contributed by atoms with van der Waals surface area (Å²) in [5.41, 5.74) is 3.07. The van der Waals surface area contributed by atoms with Crippen LogP contribution in [0.1, 0.15) is 17.3 Å². The topological polar surface area (TPSA) is 94.1 Å². The van der Waals surface area contributed by atoms with E-state index in [1.807, 2.05) is 0 Å². The number of nitrogens with one attached hydrogen (secondary N) is 1. The molecule has 0 radical (unpaired) electrons. The van der Waals surface area contributed by atoms with Crippen molar-refractivity contribution in [3.8, 4) is 11.3 Å². The van der Waals surface area contributed by atoms with Crippen LogP contribution >= 0.6 is 23.3 Å². The fourth-order valence-corrected chi connectivity index (χ4v) is 4.60. The van der Waals surface area contributed by atoms with Crippen molar-refractivity contribution in [2.45, 2.75) is 11.9 Å². The van der Waals surface area contributed by atoms with Gasteiger partial charge in [0.1, 0.15) is 33.1 Å². The Bertz CT molecular complexity index is 1260. The van der Waals surface area contributed by atoms with Crippen molar-refractivity contribution in [2.75, 3.05) is 17.7 Å². The van der Waals surface area contributed by atoms with E-state index < -0.39 is 5.97 Å². The highest BCUT2D eigenvalue weighted by Gasteiger charge is 2.16. The van der Waals surface area contributed by atoms with Crippen LogP contribution < -0.4 is 5.32 Å². The maximum Gasteiger partial charge on any atom is 0.338 e. The van der Waals surface area contributed by atoms with Crippen LogP contribution in [0.25, 0.3) is 21.5 Å². The van der Waals surface area contributed by atoms with Gasteiger partial charge in [0.2, 0.25) is 5.91 Å². The standard InChI is InChI=1S/C22H17FN4O3S2/c1-2-30-22(29)14-5-9-16(10-6-14)26-17(28)11-31-21-20-19(24-12-25-21)18(27-32-20)13-3-7-15(23)8-4-13/h3-10,12H,2,11H2,1H3,(H,26,28). The van der Waals surface area contributed by atoms with Crippen LogP contribution in [-0.2, 0) is 9.53 Å². The predicted molar refractivity (Wildman–Crippen MR) is 122 cm³/mol. The SMILES string of the molecule is CCOC(=O)c1ccc(NC(=O)CSc2ncnc3c(-c4ccc(F)cc4)nsc23)cc1. The van der Waals surface area contributed by atoms with Crippen LogP contribution in [0.15, 0.2) is 59.9 Å². The Morgan fingerprint density at radius 1 is 1.09 bits per heavy atom. The highest BCUT2D eigenvalue weighted by atomic mass is 32.2. The molecule has 7 nitrogen and oxygen atoms in total. The summed E-state index contributed by atoms with van der Waals surface area (Å²) in [5, 5.41) is 3.44. The molecule has 0 saturated heterocycles. The number of anilines is 1. The first-order valence-corrected chi connectivity index (χ1v) is 11.4. The van der Waals surface area contributed by atoms with E-state index in [0.29, 0.717) is 34.1 Å². The quantitative estimate of drug-likeness (QED) is 0.237. The second kappa shape index (κ2) is 9.84. The average Bonchev–Trinajstić information content (AvgIpc) is 3.24. The molecule has 2 aromatic heterocycles. The number of benzene rings is 2. The Morgan fingerprint density at radius 3 is 2.56 bits per heavy atom. The maximum absolute atomic E-state index is 13.2. The maximum atomic E-state index is 13.2. The molecule has 0 fully saturated rings. The van der Waals surface area contributed by atoms with E-state index in [-0.39, 0.29) is 17.5 Å². The lowest BCUT2D eigenvalue weighted by Gasteiger charge is -2.06. The molecule has 1 amide bonds. The zero-order valence-corrected chi connectivity index (χ0v) is 18.5. The highest BCUT2D eigenvalue weighted by Crippen LogP contribution is 2.34. The average molecular weight is 469 g/mol. The predicted octanol–water partition coefficient (Wildman–Crippen LogP) is 4.80. The molecule has 0 aliphatic rings. The van der Waals surface area contributed by atoms with Gasteiger partial charge in [0, 0.05) is 11.3 Å². The molecule has 10 heteroatoms. The third kappa shape index (κ3) is 4.92. The lowest BCUT2D eigenvalue weighted by Crippen LogP contribution is -2.14. The molecule has 0 bridgehead atoms. The number of esters is 1. The van der Waals surface area contributed by atoms with Crippen LogP contribution in [-0.4, -0.2) is 38.6 Å². The summed E-state index contributed by atoms with van der Waals surface area (Å²) in [6.07, 6.45) is 1.43. The molecule has 4 rings (SSSR count). The van der Waals surface area contributed by atoms with Crippen LogP contribution in [0.3, 0.4) is 0 Å². The summed E-state index contributed by atoms with van der Waals surface area (Å²) in [6.45, 7) is 2.04. The summed E-state index contributed by atoms with van der Waals surface area (Å²) < 4.78 is 23.4. The number of aromatic nitrogens is 3. The van der Waals surface area contributed by atoms with Gasteiger partial charge in [0.15, 0.2) is 0 Å². The fraction of sp³-hybridized carbons (Fsp3) is 0.136. The molecule has 162 valence electrons. The van der Waals surface area contributed by atoms with Gasteiger partial charge in [0.25, 0.3) is 0 Å². The first-order valence-electron chi connectivity index (χ1n) is 9.61. The summed E-state index contributed by atoms with van der Waals surface area (Å²) in [5.74, 6) is -0.803. The monoisotopic (exact) mass is 468 g/mol. The Kier molecular flexibility index (Phi) is 6.72. The van der Waals surface area contributed by atoms with Gasteiger partial charge >= 0.3 is 5.97 Å². The number of rotatable bonds is 7. The molecule has 2 aromatic carbocycles. The Labute approximate surface area is 191 Å². The second-order valence-corrected chi connectivity index (χ2v) is 8.27. The number of thioether (sulfide) groups is 1. The summed E-state index contributed by atoms with van der Waals surface area (Å²) in [6, 6.07) is 12.6. The van der Waals surface area contributed by atoms with E-state index in [1.54, 1.807) is 43.3 Å². The summed E-state index contributed by atoms with van der Waals surface area (Å²) in [7, 11) is 0. The van der Waals surface area contributed by atoms with Crippen molar-refractivity contribution < 1.29 is 18.7 Å². The number of carbonyl (C=O) groups is 2. The van der Waals surface area contributed by atoms with Crippen molar-refractivity contribution in [1.82, 2.24) is 14.3 Å². The van der Waals surface area contributed by atoms with E-state index in [9.17, 15) is 14.0 Å². The summed E-state index contributed by atoms with van der Waals surface area (Å²) in [4.78, 5) is 32.7. The van der Waals surface area contributed by atoms with Gasteiger partial charge in [0.05, 0.1) is 17.9 Å². The van der Waals surface area contributed by atoms with Crippen molar-refractivity contribution in [1.29, 1.82) is 0 Å². The van der Waals surface area contributed by atoms with Crippen LogP contribution in [0, 0.1) is 5.82 Å². The largest absolute Gasteiger partial charge is 0.462 e. The highest BCUT2D eigenvalue weighted by molar-refractivity contribution is 8.00. The Hall–Kier alpha value is -3.37. The molecule has 1 N–H and O–H groups in total. The minimum absolute atomic E-state index is 0.134. The zero-order valence-electron chi connectivity index (χ0n) is 16.9. The van der Waals surface area contributed by atoms with Crippen molar-refractivity contribution in [2.24, 2.45) is 0 Å². The van der Waals surface area contributed by atoms with E-state index in [4.69, 9.17) is 4.74 Å². The smallest absolute Gasteiger partial charge is 0.338 e. The molecule has 2 heterocycles. The van der Waals surface area contributed by atoms with Crippen LogP contribution in [0.5, 0.6) is 0 Å². The van der Waals surface area contributed by atoms with E-state index >= 15 is 0 Å². The van der Waals surface area contributed by atoms with Crippen molar-refractivity contribution in [3.05, 3.63) is 66.2 Å². The van der Waals surface area contributed by atoms with Gasteiger partial charge in [-0.15, -0.1) is 0 Å². The van der Waals surface area contributed by atoms with Crippen molar-refractivity contribution >= 4 is 51.1 Å². The molecule has 0 unspecified atom stereocenters. The molecule has 32 heavy (non-hydrogen) atoms. The molecule has 0 spiro atoms. The normalized spacial score (nSPS) is 10.8. The number of carbonyl (C=O) groups excluding carboxylic acids is 2. The van der Waals surface area contributed by atoms with Gasteiger partial charge in [-0.3, -0.25) is 4.79 Å². The third-order valence-corrected chi connectivity index (χ3v) is 6.32. The number of hydrogen-bond acceptors (Lipinski definition) is 8. The van der Waals surface area contributed by atoms with E-state index in [0.717, 1.165) is 10.3 Å². The van der Waals surface area contributed by atoms with Crippen LogP contribution in [0.2, 0.25) is 0 Å². The molecule has 4 aromatic rings. The second-order valence-electron chi connectivity index (χ2n) is 6.53. The minimum Gasteiger partial charge on any atom is -0.462 e. The Balaban J connectivity index is 1.42. The number of halogens is 1. The molecular formula is C22H17FN4O3S2. The van der Waals surface area contributed by atoms with Gasteiger partial charge in [-0.25, -0.2) is 19.2 Å². The van der Waals surface area contributed by atoms with Gasteiger partial charge < -0.3 is 10.1 Å². The molecule has 0 aliphatic heterocycles. The van der Waals surface area contributed by atoms with Crippen molar-refractivity contribution in [3.63, 3.8) is 0 Å². The third-order valence-electron chi connectivity index (χ3n) is 4.36. The van der Waals surface area contributed by atoms with E-state index in [2.05, 4.69) is 19.7 Å². The summed E-state index contributed by atoms with van der Waals surface area (Å²) >= 11 is 2.51. The molecule has 0 aliphatic carbocycles. The lowest BCUT2D eigenvalue weighted by molar-refractivity contribution is -0.113. The molecular weight excluding hydrogens is 451 g/mol. The molecule has 0 atom stereocenters. The minimum atomic E-state index is -0.404. The first kappa shape index (κ1) is 21.8. The van der Waals surface area contributed by atoms with E-state index in [1.165, 1.54) is 41.8 Å².